The van der Waals surface area contributed by atoms with Crippen LogP contribution in [0.4, 0.5) is 0 Å². The minimum absolute atomic E-state index is 0.663. The van der Waals surface area contributed by atoms with Gasteiger partial charge in [0.1, 0.15) is 0 Å². The van der Waals surface area contributed by atoms with Gasteiger partial charge in [-0.25, -0.2) is 14.4 Å². The molecule has 6 nitrogen and oxygen atoms in total. The molecule has 0 aromatic heterocycles. The number of carbonyl (C=O) groups excluding carboxylic acids is 3. The summed E-state index contributed by atoms with van der Waals surface area (Å²) in [5, 5.41) is 0. The fourth-order valence-corrected chi connectivity index (χ4v) is 0.962. The number of esters is 3. The predicted molar refractivity (Wildman–Crippen MR) is 66.4 cm³/mol. The zero-order valence-electron chi connectivity index (χ0n) is 10.9. The van der Waals surface area contributed by atoms with Crippen LogP contribution in [0.3, 0.4) is 0 Å². The minimum atomic E-state index is -2.19. The summed E-state index contributed by atoms with van der Waals surface area (Å²) in [5.74, 6) is -5.60. The van der Waals surface area contributed by atoms with E-state index in [4.69, 9.17) is 14.2 Å². The molecule has 0 saturated carbocycles. The summed E-state index contributed by atoms with van der Waals surface area (Å²) < 4.78 is 14.6. The molecule has 0 radical (unpaired) electrons. The normalized spacial score (nSPS) is 10.3. The van der Waals surface area contributed by atoms with Crippen molar-refractivity contribution in [2.24, 2.45) is 5.92 Å². The molecule has 0 bridgehead atoms. The lowest BCUT2D eigenvalue weighted by Gasteiger charge is -2.33. The molecular weight excluding hydrogens is 252 g/mol. The Hall–Kier alpha value is -2.37. The molecule has 0 spiro atoms. The molecule has 0 atom stereocenters. The van der Waals surface area contributed by atoms with Gasteiger partial charge in [-0.2, -0.15) is 0 Å². The van der Waals surface area contributed by atoms with Gasteiger partial charge in [-0.1, -0.05) is 33.6 Å². The first-order chi connectivity index (χ1) is 8.81. The monoisotopic (exact) mass is 268 g/mol. The van der Waals surface area contributed by atoms with Gasteiger partial charge in [0.25, 0.3) is 0 Å². The van der Waals surface area contributed by atoms with E-state index in [-0.39, 0.29) is 0 Å². The van der Waals surface area contributed by atoms with Crippen LogP contribution in [0.1, 0.15) is 13.8 Å². The van der Waals surface area contributed by atoms with E-state index < -0.39 is 29.8 Å². The Morgan fingerprint density at radius 1 is 0.842 bits per heavy atom. The van der Waals surface area contributed by atoms with Crippen LogP contribution in [0, 0.1) is 5.92 Å². The lowest BCUT2D eigenvalue weighted by atomic mass is 10.1. The summed E-state index contributed by atoms with van der Waals surface area (Å²) in [6.45, 7) is 12.7. The van der Waals surface area contributed by atoms with Crippen LogP contribution in [0.5, 0.6) is 0 Å². The molecule has 0 saturated heterocycles. The van der Waals surface area contributed by atoms with E-state index in [9.17, 15) is 14.4 Å². The molecule has 0 aliphatic heterocycles. The molecule has 0 unspecified atom stereocenters. The Morgan fingerprint density at radius 3 is 1.26 bits per heavy atom. The first-order valence-corrected chi connectivity index (χ1v) is 5.37. The first-order valence-electron chi connectivity index (χ1n) is 5.37. The van der Waals surface area contributed by atoms with Crippen LogP contribution in [-0.4, -0.2) is 23.9 Å². The molecule has 6 heteroatoms. The fourth-order valence-electron chi connectivity index (χ4n) is 0.962. The molecular formula is C13H16O6. The molecule has 0 aromatic rings. The number of hydrogen-bond donors (Lipinski definition) is 0. The maximum atomic E-state index is 11.3. The van der Waals surface area contributed by atoms with Crippen molar-refractivity contribution >= 4 is 17.9 Å². The highest BCUT2D eigenvalue weighted by Gasteiger charge is 2.46. The maximum absolute atomic E-state index is 11.3. The lowest BCUT2D eigenvalue weighted by molar-refractivity contribution is -0.343. The van der Waals surface area contributed by atoms with E-state index in [1.165, 1.54) is 13.8 Å². The Labute approximate surface area is 111 Å². The molecule has 0 amide bonds. The second kappa shape index (κ2) is 7.15. The third kappa shape index (κ3) is 4.79. The van der Waals surface area contributed by atoms with E-state index in [2.05, 4.69) is 19.7 Å². The first kappa shape index (κ1) is 16.6. The zero-order valence-corrected chi connectivity index (χ0v) is 10.9. The highest BCUT2D eigenvalue weighted by atomic mass is 16.9. The molecule has 19 heavy (non-hydrogen) atoms. The molecule has 104 valence electrons. The number of hydrogen-bond acceptors (Lipinski definition) is 6. The van der Waals surface area contributed by atoms with Crippen LogP contribution in [-0.2, 0) is 28.6 Å². The Kier molecular flexibility index (Phi) is 6.26. The standard InChI is InChI=1S/C13H16O6/c1-6-10(14)17-13(9(4)5,18-11(15)7-2)19-12(16)8-3/h6-9H,1-3H2,4-5H3. The highest BCUT2D eigenvalue weighted by molar-refractivity contribution is 5.85. The zero-order chi connectivity index (χ0) is 15.1. The minimum Gasteiger partial charge on any atom is -0.385 e. The van der Waals surface area contributed by atoms with E-state index in [0.717, 1.165) is 18.2 Å². The summed E-state index contributed by atoms with van der Waals surface area (Å²) >= 11 is 0. The maximum Gasteiger partial charge on any atom is 0.426 e. The van der Waals surface area contributed by atoms with Gasteiger partial charge in [0, 0.05) is 18.2 Å². The molecule has 0 aromatic carbocycles. The van der Waals surface area contributed by atoms with Crippen molar-refractivity contribution in [1.29, 1.82) is 0 Å². The van der Waals surface area contributed by atoms with Gasteiger partial charge in [-0.05, 0) is 0 Å². The smallest absolute Gasteiger partial charge is 0.385 e. The van der Waals surface area contributed by atoms with Crippen LogP contribution < -0.4 is 0 Å². The third-order valence-corrected chi connectivity index (χ3v) is 1.94. The van der Waals surface area contributed by atoms with Crippen molar-refractivity contribution in [3.63, 3.8) is 0 Å². The molecule has 0 rings (SSSR count). The van der Waals surface area contributed by atoms with Gasteiger partial charge in [-0.15, -0.1) is 0 Å². The number of rotatable bonds is 7. The van der Waals surface area contributed by atoms with Crippen molar-refractivity contribution in [3.8, 4) is 0 Å². The van der Waals surface area contributed by atoms with E-state index in [0.29, 0.717) is 0 Å². The average molecular weight is 268 g/mol. The largest absolute Gasteiger partial charge is 0.426 e. The predicted octanol–water partition coefficient (Wildman–Crippen LogP) is 1.48. The Bertz CT molecular complexity index is 352. The van der Waals surface area contributed by atoms with Crippen LogP contribution in [0.25, 0.3) is 0 Å². The van der Waals surface area contributed by atoms with E-state index in [1.807, 2.05) is 0 Å². The van der Waals surface area contributed by atoms with Gasteiger partial charge in [0.15, 0.2) is 0 Å². The van der Waals surface area contributed by atoms with Gasteiger partial charge < -0.3 is 14.2 Å². The van der Waals surface area contributed by atoms with Gasteiger partial charge in [-0.3, -0.25) is 0 Å². The third-order valence-electron chi connectivity index (χ3n) is 1.94. The Morgan fingerprint density at radius 2 is 1.11 bits per heavy atom. The van der Waals surface area contributed by atoms with Crippen molar-refractivity contribution < 1.29 is 28.6 Å². The topological polar surface area (TPSA) is 78.9 Å². The second-order valence-electron chi connectivity index (χ2n) is 3.63. The summed E-state index contributed by atoms with van der Waals surface area (Å²) in [4.78, 5) is 33.9. The quantitative estimate of drug-likeness (QED) is 0.395. The van der Waals surface area contributed by atoms with Crippen molar-refractivity contribution in [2.45, 2.75) is 19.8 Å². The summed E-state index contributed by atoms with van der Waals surface area (Å²) in [6, 6.07) is 0. The van der Waals surface area contributed by atoms with Crippen LogP contribution >= 0.6 is 0 Å². The summed E-state index contributed by atoms with van der Waals surface area (Å²) in [5.41, 5.74) is 0. The number of carbonyl (C=O) groups is 3. The van der Waals surface area contributed by atoms with Gasteiger partial charge in [0.05, 0.1) is 5.92 Å². The molecule has 0 heterocycles. The van der Waals surface area contributed by atoms with E-state index in [1.54, 1.807) is 0 Å². The SMILES string of the molecule is C=CC(=O)OC(OC(=O)C=C)(OC(=O)C=C)C(C)C. The van der Waals surface area contributed by atoms with Crippen molar-refractivity contribution in [3.05, 3.63) is 38.0 Å². The molecule has 0 aliphatic rings. The van der Waals surface area contributed by atoms with Crippen molar-refractivity contribution in [1.82, 2.24) is 0 Å². The van der Waals surface area contributed by atoms with Gasteiger partial charge >= 0.3 is 23.9 Å². The van der Waals surface area contributed by atoms with Crippen molar-refractivity contribution in [2.75, 3.05) is 0 Å². The van der Waals surface area contributed by atoms with E-state index >= 15 is 0 Å². The summed E-state index contributed by atoms with van der Waals surface area (Å²) in [6.07, 6.45) is 2.54. The highest BCUT2D eigenvalue weighted by Crippen LogP contribution is 2.26. The molecule has 0 aliphatic carbocycles. The van der Waals surface area contributed by atoms with Crippen LogP contribution in [0.2, 0.25) is 0 Å². The molecule has 0 fully saturated rings. The lowest BCUT2D eigenvalue weighted by Crippen LogP contribution is -2.48. The summed E-state index contributed by atoms with van der Waals surface area (Å²) in [7, 11) is 0. The van der Waals surface area contributed by atoms with Gasteiger partial charge in [0.2, 0.25) is 0 Å². The second-order valence-corrected chi connectivity index (χ2v) is 3.63. The van der Waals surface area contributed by atoms with Crippen LogP contribution in [0.15, 0.2) is 38.0 Å². The fraction of sp³-hybridized carbons (Fsp3) is 0.308. The number of ether oxygens (including phenoxy) is 3. The average Bonchev–Trinajstić information content (AvgIpc) is 2.37. The Balaban J connectivity index is 5.43. The molecule has 0 N–H and O–H groups in total.